The van der Waals surface area contributed by atoms with Crippen LogP contribution in [0.25, 0.3) is 11.8 Å². The van der Waals surface area contributed by atoms with Crippen LogP contribution in [0, 0.1) is 12.8 Å². The molecule has 3 aromatic rings. The van der Waals surface area contributed by atoms with Crippen molar-refractivity contribution in [3.8, 4) is 11.4 Å². The fourth-order valence-electron chi connectivity index (χ4n) is 5.16. The molecular weight excluding hydrogens is 412 g/mol. The summed E-state index contributed by atoms with van der Waals surface area (Å²) in [5.74, 6) is 1.36. The molecule has 2 aliphatic rings. The molecule has 0 saturated carbocycles. The van der Waals surface area contributed by atoms with Crippen LogP contribution in [-0.4, -0.2) is 53.1 Å². The predicted molar refractivity (Wildman–Crippen MR) is 131 cm³/mol. The fraction of sp³-hybridized carbons (Fsp3) is 0.333. The fourth-order valence-corrected chi connectivity index (χ4v) is 5.16. The van der Waals surface area contributed by atoms with E-state index in [1.165, 1.54) is 5.69 Å². The number of rotatable bonds is 5. The van der Waals surface area contributed by atoms with Crippen molar-refractivity contribution in [3.05, 3.63) is 78.4 Å². The van der Waals surface area contributed by atoms with Gasteiger partial charge >= 0.3 is 0 Å². The van der Waals surface area contributed by atoms with Gasteiger partial charge in [0.25, 0.3) is 0 Å². The van der Waals surface area contributed by atoms with E-state index in [0.717, 1.165) is 55.2 Å². The molecule has 33 heavy (non-hydrogen) atoms. The van der Waals surface area contributed by atoms with Crippen molar-refractivity contribution >= 4 is 17.7 Å². The highest BCUT2D eigenvalue weighted by Crippen LogP contribution is 2.35. The number of nitrogens with zero attached hydrogens (tertiary/aromatic N) is 4. The maximum absolute atomic E-state index is 12.9. The molecule has 0 spiro atoms. The number of methoxy groups -OCH3 is 1. The van der Waals surface area contributed by atoms with Crippen LogP contribution in [0.4, 0.5) is 5.69 Å². The van der Waals surface area contributed by atoms with Crippen molar-refractivity contribution in [1.29, 1.82) is 0 Å². The van der Waals surface area contributed by atoms with E-state index in [1.54, 1.807) is 19.5 Å². The molecule has 0 unspecified atom stereocenters. The molecule has 2 aliphatic heterocycles. The average molecular weight is 443 g/mol. The van der Waals surface area contributed by atoms with Crippen LogP contribution >= 0.6 is 0 Å². The van der Waals surface area contributed by atoms with Gasteiger partial charge in [-0.2, -0.15) is 0 Å². The zero-order chi connectivity index (χ0) is 22.8. The Morgan fingerprint density at radius 1 is 1.12 bits per heavy atom. The first kappa shape index (κ1) is 21.3. The molecule has 2 saturated heterocycles. The Hall–Kier alpha value is -3.54. The smallest absolute Gasteiger partial charge is 0.246 e. The van der Waals surface area contributed by atoms with Crippen LogP contribution in [0.1, 0.15) is 24.1 Å². The molecule has 2 aromatic carbocycles. The van der Waals surface area contributed by atoms with Gasteiger partial charge in [-0.15, -0.1) is 0 Å². The summed E-state index contributed by atoms with van der Waals surface area (Å²) in [6, 6.07) is 17.1. The third kappa shape index (κ3) is 4.38. The van der Waals surface area contributed by atoms with Crippen LogP contribution in [0.2, 0.25) is 0 Å². The van der Waals surface area contributed by atoms with Crippen molar-refractivity contribution in [1.82, 2.24) is 14.5 Å². The average Bonchev–Trinajstić information content (AvgIpc) is 3.48. The van der Waals surface area contributed by atoms with E-state index in [4.69, 9.17) is 4.74 Å². The highest BCUT2D eigenvalue weighted by Gasteiger charge is 2.39. The summed E-state index contributed by atoms with van der Waals surface area (Å²) < 4.78 is 7.53. The molecule has 1 aromatic heterocycles. The molecule has 0 aliphatic carbocycles. The summed E-state index contributed by atoms with van der Waals surface area (Å²) >= 11 is 0. The lowest BCUT2D eigenvalue weighted by atomic mass is 9.92. The van der Waals surface area contributed by atoms with Crippen LogP contribution < -0.4 is 9.64 Å². The highest BCUT2D eigenvalue weighted by molar-refractivity contribution is 5.92. The molecule has 0 N–H and O–H groups in total. The van der Waals surface area contributed by atoms with Gasteiger partial charge < -0.3 is 19.1 Å². The topological polar surface area (TPSA) is 50.6 Å². The number of ether oxygens (including phenoxy) is 1. The lowest BCUT2D eigenvalue weighted by Crippen LogP contribution is -2.47. The van der Waals surface area contributed by atoms with Crippen molar-refractivity contribution in [2.75, 3.05) is 31.6 Å². The number of hydrogen-bond acceptors (Lipinski definition) is 4. The molecule has 170 valence electrons. The number of imidazole rings is 1. The van der Waals surface area contributed by atoms with E-state index in [2.05, 4.69) is 40.2 Å². The molecule has 2 atom stereocenters. The monoisotopic (exact) mass is 442 g/mol. The number of anilines is 1. The third-order valence-corrected chi connectivity index (χ3v) is 6.85. The molecule has 1 amide bonds. The molecule has 6 heteroatoms. The van der Waals surface area contributed by atoms with Crippen molar-refractivity contribution in [2.24, 2.45) is 5.92 Å². The number of aromatic nitrogens is 2. The number of fused-ring (bicyclic) bond motifs is 1. The summed E-state index contributed by atoms with van der Waals surface area (Å²) in [5, 5.41) is 0. The van der Waals surface area contributed by atoms with E-state index in [9.17, 15) is 4.79 Å². The normalized spacial score (nSPS) is 20.3. The Kier molecular flexibility index (Phi) is 5.90. The SMILES string of the molecule is COc1cc(C=CC(=O)N2CC[C@@H]3[C@@H](CCN3c3ccccc3)C2)ccc1-n1cnc(C)c1. The zero-order valence-electron chi connectivity index (χ0n) is 19.2. The van der Waals surface area contributed by atoms with E-state index >= 15 is 0 Å². The van der Waals surface area contributed by atoms with Gasteiger partial charge in [-0.3, -0.25) is 4.79 Å². The number of carbonyl (C=O) groups excluding carboxylic acids is 1. The number of benzene rings is 2. The summed E-state index contributed by atoms with van der Waals surface area (Å²) in [6.07, 6.45) is 9.47. The minimum atomic E-state index is 0.0832. The van der Waals surface area contributed by atoms with Gasteiger partial charge in [0.2, 0.25) is 5.91 Å². The number of aryl methyl sites for hydroxylation is 1. The Balaban J connectivity index is 1.24. The highest BCUT2D eigenvalue weighted by atomic mass is 16.5. The molecule has 0 radical (unpaired) electrons. The number of para-hydroxylation sites is 1. The van der Waals surface area contributed by atoms with Gasteiger partial charge in [-0.25, -0.2) is 4.98 Å². The molecule has 5 rings (SSSR count). The number of amides is 1. The van der Waals surface area contributed by atoms with Crippen LogP contribution in [0.5, 0.6) is 5.75 Å². The Morgan fingerprint density at radius 2 is 1.97 bits per heavy atom. The van der Waals surface area contributed by atoms with E-state index in [-0.39, 0.29) is 5.91 Å². The number of piperidine rings is 1. The summed E-state index contributed by atoms with van der Waals surface area (Å²) in [6.45, 7) is 4.66. The van der Waals surface area contributed by atoms with Gasteiger partial charge in [0.1, 0.15) is 5.75 Å². The maximum atomic E-state index is 12.9. The number of carbonyl (C=O) groups is 1. The van der Waals surface area contributed by atoms with Crippen LogP contribution in [-0.2, 0) is 4.79 Å². The molecule has 6 nitrogen and oxygen atoms in total. The van der Waals surface area contributed by atoms with Crippen molar-refractivity contribution in [3.63, 3.8) is 0 Å². The summed E-state index contributed by atoms with van der Waals surface area (Å²) in [4.78, 5) is 21.8. The van der Waals surface area contributed by atoms with E-state index < -0.39 is 0 Å². The predicted octanol–water partition coefficient (Wildman–Crippen LogP) is 4.33. The first-order valence-electron chi connectivity index (χ1n) is 11.6. The second-order valence-electron chi connectivity index (χ2n) is 8.90. The van der Waals surface area contributed by atoms with Gasteiger partial charge in [0, 0.05) is 43.6 Å². The van der Waals surface area contributed by atoms with Gasteiger partial charge in [0.05, 0.1) is 24.8 Å². The lowest BCUT2D eigenvalue weighted by Gasteiger charge is -2.38. The Bertz CT molecular complexity index is 1150. The number of hydrogen-bond donors (Lipinski definition) is 0. The Morgan fingerprint density at radius 3 is 2.73 bits per heavy atom. The largest absolute Gasteiger partial charge is 0.495 e. The molecule has 3 heterocycles. The second-order valence-corrected chi connectivity index (χ2v) is 8.90. The first-order valence-corrected chi connectivity index (χ1v) is 11.6. The molecule has 2 fully saturated rings. The summed E-state index contributed by atoms with van der Waals surface area (Å²) in [7, 11) is 1.66. The van der Waals surface area contributed by atoms with Gasteiger partial charge in [-0.1, -0.05) is 24.3 Å². The zero-order valence-corrected chi connectivity index (χ0v) is 19.2. The summed E-state index contributed by atoms with van der Waals surface area (Å²) in [5.41, 5.74) is 4.11. The Labute approximate surface area is 195 Å². The van der Waals surface area contributed by atoms with Gasteiger partial charge in [0.15, 0.2) is 0 Å². The molecule has 0 bridgehead atoms. The van der Waals surface area contributed by atoms with Crippen LogP contribution in [0.15, 0.2) is 67.1 Å². The lowest BCUT2D eigenvalue weighted by molar-refractivity contribution is -0.127. The molecular formula is C27H30N4O2. The van der Waals surface area contributed by atoms with E-state index in [1.807, 2.05) is 46.9 Å². The van der Waals surface area contributed by atoms with Crippen molar-refractivity contribution < 1.29 is 9.53 Å². The second kappa shape index (κ2) is 9.14. The quantitative estimate of drug-likeness (QED) is 0.552. The number of likely N-dealkylation sites (tertiary alicyclic amines) is 1. The van der Waals surface area contributed by atoms with Crippen molar-refractivity contribution in [2.45, 2.75) is 25.8 Å². The van der Waals surface area contributed by atoms with Crippen LogP contribution in [0.3, 0.4) is 0 Å². The first-order chi connectivity index (χ1) is 16.1. The standard InChI is InChI=1S/C27H30N4O2/c1-20-17-30(19-28-20)25-10-8-21(16-26(25)33-2)9-11-27(32)29-14-13-24-22(18-29)12-15-31(24)23-6-4-3-5-7-23/h3-11,16-17,19,22,24H,12-15,18H2,1-2H3/t22-,24+/m0/s1. The third-order valence-electron chi connectivity index (χ3n) is 6.85. The maximum Gasteiger partial charge on any atom is 0.246 e. The van der Waals surface area contributed by atoms with E-state index in [0.29, 0.717) is 12.0 Å². The minimum absolute atomic E-state index is 0.0832. The minimum Gasteiger partial charge on any atom is -0.495 e. The van der Waals surface area contributed by atoms with Gasteiger partial charge in [-0.05, 0) is 61.6 Å².